The summed E-state index contributed by atoms with van der Waals surface area (Å²) < 4.78 is 0. The van der Waals surface area contributed by atoms with Crippen molar-refractivity contribution < 1.29 is 10.2 Å². The number of aliphatic hydroxyl groups excluding tert-OH is 2. The lowest BCUT2D eigenvalue weighted by atomic mass is 9.64. The Morgan fingerprint density at radius 2 is 1.26 bits per heavy atom. The standard InChI is InChI=1S/C17H32O2/c1-10(2)13-7-5-6-12-8-9-14(11(3)4)17(19)15(12)16(13)18/h10-19H,5-9H2,1-4H3/t12?,13-,14-,15?,16?,17?/m1/s1. The molecule has 2 aliphatic carbocycles. The van der Waals surface area contributed by atoms with Gasteiger partial charge in [-0.1, -0.05) is 34.1 Å². The summed E-state index contributed by atoms with van der Waals surface area (Å²) in [5, 5.41) is 21.6. The number of hydrogen-bond acceptors (Lipinski definition) is 2. The zero-order valence-corrected chi connectivity index (χ0v) is 13.0. The molecule has 0 amide bonds. The van der Waals surface area contributed by atoms with Gasteiger partial charge in [-0.15, -0.1) is 0 Å². The molecule has 0 aromatic carbocycles. The van der Waals surface area contributed by atoms with Crippen LogP contribution in [0.1, 0.15) is 59.8 Å². The number of hydrogen-bond donors (Lipinski definition) is 2. The van der Waals surface area contributed by atoms with Crippen LogP contribution in [0.2, 0.25) is 0 Å². The highest BCUT2D eigenvalue weighted by molar-refractivity contribution is 4.96. The molecule has 0 bridgehead atoms. The third-order valence-electron chi connectivity index (χ3n) is 5.91. The van der Waals surface area contributed by atoms with Gasteiger partial charge >= 0.3 is 0 Å². The van der Waals surface area contributed by atoms with Crippen LogP contribution >= 0.6 is 0 Å². The van der Waals surface area contributed by atoms with Gasteiger partial charge in [0, 0.05) is 5.92 Å². The minimum Gasteiger partial charge on any atom is -0.392 e. The zero-order valence-electron chi connectivity index (χ0n) is 13.0. The second kappa shape index (κ2) is 6.13. The maximum absolute atomic E-state index is 10.8. The highest BCUT2D eigenvalue weighted by Gasteiger charge is 2.46. The van der Waals surface area contributed by atoms with E-state index in [1.807, 2.05) is 0 Å². The molecule has 0 aliphatic heterocycles. The fourth-order valence-electron chi connectivity index (χ4n) is 4.68. The fraction of sp³-hybridized carbons (Fsp3) is 1.00. The van der Waals surface area contributed by atoms with Gasteiger partial charge in [-0.05, 0) is 55.3 Å². The first-order chi connectivity index (χ1) is 8.93. The van der Waals surface area contributed by atoms with E-state index in [0.717, 1.165) is 12.8 Å². The maximum Gasteiger partial charge on any atom is 0.0626 e. The molecule has 2 nitrogen and oxygen atoms in total. The quantitative estimate of drug-likeness (QED) is 0.805. The maximum atomic E-state index is 10.8. The Bertz CT molecular complexity index is 287. The van der Waals surface area contributed by atoms with Gasteiger partial charge in [0.15, 0.2) is 0 Å². The molecule has 0 aromatic rings. The number of fused-ring (bicyclic) bond motifs is 1. The summed E-state index contributed by atoms with van der Waals surface area (Å²) in [4.78, 5) is 0. The summed E-state index contributed by atoms with van der Waals surface area (Å²) in [5.74, 6) is 2.45. The first kappa shape index (κ1) is 15.3. The van der Waals surface area contributed by atoms with Gasteiger partial charge in [0.1, 0.15) is 0 Å². The van der Waals surface area contributed by atoms with E-state index in [1.54, 1.807) is 0 Å². The van der Waals surface area contributed by atoms with E-state index in [-0.39, 0.29) is 18.1 Å². The lowest BCUT2D eigenvalue weighted by Crippen LogP contribution is -2.48. The molecular formula is C17H32O2. The molecule has 2 N–H and O–H groups in total. The van der Waals surface area contributed by atoms with Crippen molar-refractivity contribution in [2.24, 2.45) is 35.5 Å². The lowest BCUT2D eigenvalue weighted by Gasteiger charge is -2.45. The summed E-state index contributed by atoms with van der Waals surface area (Å²) in [7, 11) is 0. The Morgan fingerprint density at radius 3 is 1.79 bits per heavy atom. The van der Waals surface area contributed by atoms with Crippen LogP contribution in [0.4, 0.5) is 0 Å². The molecule has 6 atom stereocenters. The van der Waals surface area contributed by atoms with Gasteiger partial charge in [0.05, 0.1) is 12.2 Å². The van der Waals surface area contributed by atoms with Crippen molar-refractivity contribution in [3.63, 3.8) is 0 Å². The summed E-state index contributed by atoms with van der Waals surface area (Å²) in [6.07, 6.45) is 5.29. The van der Waals surface area contributed by atoms with Crippen LogP contribution < -0.4 is 0 Å². The highest BCUT2D eigenvalue weighted by atomic mass is 16.3. The van der Waals surface area contributed by atoms with E-state index in [4.69, 9.17) is 0 Å². The van der Waals surface area contributed by atoms with Crippen molar-refractivity contribution in [3.8, 4) is 0 Å². The monoisotopic (exact) mass is 268 g/mol. The highest BCUT2D eigenvalue weighted by Crippen LogP contribution is 2.46. The molecule has 4 unspecified atom stereocenters. The van der Waals surface area contributed by atoms with Gasteiger partial charge in [-0.2, -0.15) is 0 Å². The van der Waals surface area contributed by atoms with Crippen molar-refractivity contribution in [2.75, 3.05) is 0 Å². The van der Waals surface area contributed by atoms with E-state index in [0.29, 0.717) is 29.6 Å². The first-order valence-electron chi connectivity index (χ1n) is 8.29. The summed E-state index contributed by atoms with van der Waals surface area (Å²) in [6.45, 7) is 8.83. The van der Waals surface area contributed by atoms with Crippen LogP contribution in [0.3, 0.4) is 0 Å². The molecule has 2 fully saturated rings. The smallest absolute Gasteiger partial charge is 0.0626 e. The Morgan fingerprint density at radius 1 is 0.737 bits per heavy atom. The second-order valence-corrected chi connectivity index (χ2v) is 7.64. The van der Waals surface area contributed by atoms with Crippen LogP contribution in [0.5, 0.6) is 0 Å². The minimum atomic E-state index is -0.302. The van der Waals surface area contributed by atoms with Gasteiger partial charge in [-0.25, -0.2) is 0 Å². The van der Waals surface area contributed by atoms with E-state index in [9.17, 15) is 10.2 Å². The first-order valence-corrected chi connectivity index (χ1v) is 8.29. The van der Waals surface area contributed by atoms with Crippen LogP contribution in [-0.4, -0.2) is 22.4 Å². The van der Waals surface area contributed by atoms with Crippen molar-refractivity contribution in [1.82, 2.24) is 0 Å². The summed E-state index contributed by atoms with van der Waals surface area (Å²) in [5.41, 5.74) is 0. The Balaban J connectivity index is 2.19. The average Bonchev–Trinajstić information content (AvgIpc) is 2.49. The van der Waals surface area contributed by atoms with Crippen LogP contribution in [0.15, 0.2) is 0 Å². The molecule has 19 heavy (non-hydrogen) atoms. The predicted molar refractivity (Wildman–Crippen MR) is 78.7 cm³/mol. The molecule has 0 saturated heterocycles. The topological polar surface area (TPSA) is 40.5 Å². The largest absolute Gasteiger partial charge is 0.392 e. The van der Waals surface area contributed by atoms with Crippen LogP contribution in [-0.2, 0) is 0 Å². The number of aliphatic hydroxyl groups is 2. The molecule has 0 spiro atoms. The van der Waals surface area contributed by atoms with Crippen molar-refractivity contribution in [3.05, 3.63) is 0 Å². The molecule has 0 radical (unpaired) electrons. The molecule has 2 aliphatic rings. The van der Waals surface area contributed by atoms with Gasteiger partial charge in [0.25, 0.3) is 0 Å². The third kappa shape index (κ3) is 3.00. The van der Waals surface area contributed by atoms with E-state index in [1.165, 1.54) is 19.3 Å². The lowest BCUT2D eigenvalue weighted by molar-refractivity contribution is -0.101. The molecule has 112 valence electrons. The SMILES string of the molecule is CC(C)[C@H]1CCCC2CC[C@H](C(C)C)C(O)C2C1O. The Hall–Kier alpha value is -0.0800. The average molecular weight is 268 g/mol. The molecule has 2 heteroatoms. The van der Waals surface area contributed by atoms with Crippen molar-refractivity contribution >= 4 is 0 Å². The fourth-order valence-corrected chi connectivity index (χ4v) is 4.68. The molecule has 2 saturated carbocycles. The normalized spacial score (nSPS) is 44.2. The number of rotatable bonds is 2. The van der Waals surface area contributed by atoms with Crippen LogP contribution in [0.25, 0.3) is 0 Å². The van der Waals surface area contributed by atoms with Gasteiger partial charge in [0.2, 0.25) is 0 Å². The zero-order chi connectivity index (χ0) is 14.2. The second-order valence-electron chi connectivity index (χ2n) is 7.64. The molecular weight excluding hydrogens is 236 g/mol. The minimum absolute atomic E-state index is 0.121. The van der Waals surface area contributed by atoms with Crippen LogP contribution in [0, 0.1) is 35.5 Å². The summed E-state index contributed by atoms with van der Waals surface area (Å²) >= 11 is 0. The third-order valence-corrected chi connectivity index (χ3v) is 5.91. The van der Waals surface area contributed by atoms with Gasteiger partial charge < -0.3 is 10.2 Å². The van der Waals surface area contributed by atoms with Gasteiger partial charge in [-0.3, -0.25) is 0 Å². The van der Waals surface area contributed by atoms with Crippen molar-refractivity contribution in [2.45, 2.75) is 72.0 Å². The van der Waals surface area contributed by atoms with E-state index in [2.05, 4.69) is 27.7 Å². The molecule has 2 rings (SSSR count). The summed E-state index contributed by atoms with van der Waals surface area (Å²) in [6, 6.07) is 0. The molecule has 0 heterocycles. The van der Waals surface area contributed by atoms with Crippen molar-refractivity contribution in [1.29, 1.82) is 0 Å². The predicted octanol–water partition coefficient (Wildman–Crippen LogP) is 3.46. The molecule has 0 aromatic heterocycles. The Kier molecular flexibility index (Phi) is 4.94. The van der Waals surface area contributed by atoms with E-state index >= 15 is 0 Å². The Labute approximate surface area is 118 Å². The van der Waals surface area contributed by atoms with E-state index < -0.39 is 0 Å².